The highest BCUT2D eigenvalue weighted by atomic mass is 32.2. The Hall–Kier alpha value is -1.25. The number of thioether (sulfide) groups is 1. The standard InChI is InChI=1S/C13H19NO5S2/c1-19-13(16)11-9-10(5-6-12(11)15)21(17,18)14-7-3-4-8-20-2/h5-6,9,14-15H,3-4,7-8H2,1-2H3. The molecular weight excluding hydrogens is 314 g/mol. The molecule has 6 nitrogen and oxygen atoms in total. The van der Waals surface area contributed by atoms with E-state index >= 15 is 0 Å². The van der Waals surface area contributed by atoms with Gasteiger partial charge in [0.15, 0.2) is 0 Å². The molecule has 0 radical (unpaired) electrons. The predicted molar refractivity (Wildman–Crippen MR) is 82.3 cm³/mol. The molecule has 8 heteroatoms. The third kappa shape index (κ3) is 5.22. The second-order valence-corrected chi connectivity index (χ2v) is 7.02. The summed E-state index contributed by atoms with van der Waals surface area (Å²) >= 11 is 1.71. The minimum absolute atomic E-state index is 0.0782. The molecule has 0 amide bonds. The minimum atomic E-state index is -3.70. The van der Waals surface area contributed by atoms with Crippen LogP contribution in [-0.2, 0) is 14.8 Å². The molecule has 1 rings (SSSR count). The Morgan fingerprint density at radius 2 is 2.10 bits per heavy atom. The van der Waals surface area contributed by atoms with E-state index in [1.54, 1.807) is 11.8 Å². The number of carbonyl (C=O) groups excluding carboxylic acids is 1. The number of nitrogens with one attached hydrogen (secondary N) is 1. The molecule has 0 aliphatic carbocycles. The fourth-order valence-corrected chi connectivity index (χ4v) is 3.21. The monoisotopic (exact) mass is 333 g/mol. The van der Waals surface area contributed by atoms with Crippen LogP contribution in [0.4, 0.5) is 0 Å². The Bertz CT molecular complexity index is 586. The molecule has 1 aromatic carbocycles. The lowest BCUT2D eigenvalue weighted by Gasteiger charge is -2.09. The Morgan fingerprint density at radius 3 is 2.71 bits per heavy atom. The number of carbonyl (C=O) groups is 1. The molecule has 0 aliphatic heterocycles. The molecule has 0 bridgehead atoms. The van der Waals surface area contributed by atoms with Crippen molar-refractivity contribution < 1.29 is 23.1 Å². The van der Waals surface area contributed by atoms with Crippen LogP contribution in [0.1, 0.15) is 23.2 Å². The van der Waals surface area contributed by atoms with Crippen LogP contribution < -0.4 is 4.72 Å². The van der Waals surface area contributed by atoms with Crippen LogP contribution in [-0.4, -0.2) is 45.2 Å². The van der Waals surface area contributed by atoms with E-state index in [-0.39, 0.29) is 16.2 Å². The quantitative estimate of drug-likeness (QED) is 0.554. The van der Waals surface area contributed by atoms with Gasteiger partial charge in [-0.2, -0.15) is 11.8 Å². The molecule has 0 heterocycles. The number of ether oxygens (including phenoxy) is 1. The highest BCUT2D eigenvalue weighted by Gasteiger charge is 2.19. The van der Waals surface area contributed by atoms with Crippen LogP contribution in [0.2, 0.25) is 0 Å². The van der Waals surface area contributed by atoms with Gasteiger partial charge in [0.25, 0.3) is 0 Å². The summed E-state index contributed by atoms with van der Waals surface area (Å²) in [6.45, 7) is 0.331. The van der Waals surface area contributed by atoms with Crippen molar-refractivity contribution in [2.24, 2.45) is 0 Å². The maximum absolute atomic E-state index is 12.1. The van der Waals surface area contributed by atoms with Crippen molar-refractivity contribution in [1.29, 1.82) is 0 Å². The van der Waals surface area contributed by atoms with Gasteiger partial charge in [0.1, 0.15) is 11.3 Å². The zero-order chi connectivity index (χ0) is 15.9. The van der Waals surface area contributed by atoms with E-state index in [4.69, 9.17) is 0 Å². The average Bonchev–Trinajstić information content (AvgIpc) is 2.46. The van der Waals surface area contributed by atoms with Gasteiger partial charge in [-0.05, 0) is 43.0 Å². The SMILES string of the molecule is COC(=O)c1cc(S(=O)(=O)NCCCCSC)ccc1O. The van der Waals surface area contributed by atoms with E-state index in [0.29, 0.717) is 6.54 Å². The van der Waals surface area contributed by atoms with Gasteiger partial charge in [-0.25, -0.2) is 17.9 Å². The molecule has 0 saturated carbocycles. The van der Waals surface area contributed by atoms with Crippen molar-refractivity contribution in [3.63, 3.8) is 0 Å². The van der Waals surface area contributed by atoms with E-state index in [2.05, 4.69) is 9.46 Å². The lowest BCUT2D eigenvalue weighted by molar-refractivity contribution is 0.0597. The number of phenolic OH excluding ortho intramolecular Hbond substituents is 1. The van der Waals surface area contributed by atoms with Gasteiger partial charge in [0, 0.05) is 6.54 Å². The van der Waals surface area contributed by atoms with Crippen molar-refractivity contribution in [1.82, 2.24) is 4.72 Å². The first-order chi connectivity index (χ1) is 9.92. The normalized spacial score (nSPS) is 11.3. The first kappa shape index (κ1) is 17.8. The van der Waals surface area contributed by atoms with Gasteiger partial charge < -0.3 is 9.84 Å². The zero-order valence-corrected chi connectivity index (χ0v) is 13.6. The summed E-state index contributed by atoms with van der Waals surface area (Å²) in [4.78, 5) is 11.4. The first-order valence-electron chi connectivity index (χ1n) is 6.32. The first-order valence-corrected chi connectivity index (χ1v) is 9.20. The van der Waals surface area contributed by atoms with E-state index in [9.17, 15) is 18.3 Å². The van der Waals surface area contributed by atoms with Gasteiger partial charge in [0.2, 0.25) is 10.0 Å². The van der Waals surface area contributed by atoms with Crippen LogP contribution in [0, 0.1) is 0 Å². The Morgan fingerprint density at radius 1 is 1.38 bits per heavy atom. The number of aromatic hydroxyl groups is 1. The van der Waals surface area contributed by atoms with Crippen LogP contribution in [0.3, 0.4) is 0 Å². The summed E-state index contributed by atoms with van der Waals surface area (Å²) in [5.41, 5.74) is -0.178. The highest BCUT2D eigenvalue weighted by molar-refractivity contribution is 7.98. The molecule has 2 N–H and O–H groups in total. The number of unbranched alkanes of at least 4 members (excludes halogenated alkanes) is 1. The van der Waals surface area contributed by atoms with Crippen LogP contribution in [0.25, 0.3) is 0 Å². The number of rotatable bonds is 8. The lowest BCUT2D eigenvalue weighted by atomic mass is 10.2. The van der Waals surface area contributed by atoms with E-state index in [0.717, 1.165) is 37.8 Å². The van der Waals surface area contributed by atoms with E-state index in [1.807, 2.05) is 6.26 Å². The number of hydrogen-bond donors (Lipinski definition) is 2. The molecule has 0 unspecified atom stereocenters. The molecule has 0 spiro atoms. The minimum Gasteiger partial charge on any atom is -0.507 e. The van der Waals surface area contributed by atoms with E-state index < -0.39 is 16.0 Å². The molecule has 0 fully saturated rings. The fourth-order valence-electron chi connectivity index (χ4n) is 1.62. The van der Waals surface area contributed by atoms with Gasteiger partial charge in [-0.3, -0.25) is 0 Å². The van der Waals surface area contributed by atoms with E-state index in [1.165, 1.54) is 6.07 Å². The van der Waals surface area contributed by atoms with Crippen LogP contribution >= 0.6 is 11.8 Å². The maximum Gasteiger partial charge on any atom is 0.341 e. The van der Waals surface area contributed by atoms with Gasteiger partial charge >= 0.3 is 5.97 Å². The molecule has 0 saturated heterocycles. The third-order valence-corrected chi connectivity index (χ3v) is 4.91. The van der Waals surface area contributed by atoms with Crippen molar-refractivity contribution in [2.45, 2.75) is 17.7 Å². The number of methoxy groups -OCH3 is 1. The smallest absolute Gasteiger partial charge is 0.341 e. The largest absolute Gasteiger partial charge is 0.507 e. The molecular formula is C13H19NO5S2. The second kappa shape index (κ2) is 8.26. The average molecular weight is 333 g/mol. The molecule has 0 atom stereocenters. The number of sulfonamides is 1. The molecule has 0 aliphatic rings. The summed E-state index contributed by atoms with van der Waals surface area (Å²) < 4.78 is 31.1. The predicted octanol–water partition coefficient (Wildman–Crippen LogP) is 1.60. The summed E-state index contributed by atoms with van der Waals surface area (Å²) in [6.07, 6.45) is 3.66. The lowest BCUT2D eigenvalue weighted by Crippen LogP contribution is -2.25. The Balaban J connectivity index is 2.81. The van der Waals surface area contributed by atoms with Crippen molar-refractivity contribution in [2.75, 3.05) is 25.7 Å². The summed E-state index contributed by atoms with van der Waals surface area (Å²) in [7, 11) is -2.54. The zero-order valence-electron chi connectivity index (χ0n) is 12.0. The molecule has 21 heavy (non-hydrogen) atoms. The number of benzene rings is 1. The van der Waals surface area contributed by atoms with Gasteiger partial charge in [0.05, 0.1) is 12.0 Å². The Labute approximate surface area is 128 Å². The van der Waals surface area contributed by atoms with Crippen LogP contribution in [0.5, 0.6) is 5.75 Å². The number of phenols is 1. The summed E-state index contributed by atoms with van der Waals surface area (Å²) in [5.74, 6) is -0.127. The van der Waals surface area contributed by atoms with Crippen molar-refractivity contribution in [3.05, 3.63) is 23.8 Å². The number of esters is 1. The topological polar surface area (TPSA) is 92.7 Å². The third-order valence-electron chi connectivity index (χ3n) is 2.75. The van der Waals surface area contributed by atoms with Gasteiger partial charge in [-0.15, -0.1) is 0 Å². The molecule has 1 aromatic rings. The molecule has 118 valence electrons. The highest BCUT2D eigenvalue weighted by Crippen LogP contribution is 2.22. The summed E-state index contributed by atoms with van der Waals surface area (Å²) in [5, 5.41) is 9.56. The van der Waals surface area contributed by atoms with Gasteiger partial charge in [-0.1, -0.05) is 0 Å². The fraction of sp³-hybridized carbons (Fsp3) is 0.462. The summed E-state index contributed by atoms with van der Waals surface area (Å²) in [6, 6.07) is 3.51. The van der Waals surface area contributed by atoms with Crippen molar-refractivity contribution in [3.8, 4) is 5.75 Å². The molecule has 0 aromatic heterocycles. The van der Waals surface area contributed by atoms with Crippen LogP contribution in [0.15, 0.2) is 23.1 Å². The number of hydrogen-bond acceptors (Lipinski definition) is 6. The van der Waals surface area contributed by atoms with Crippen molar-refractivity contribution >= 4 is 27.8 Å². The second-order valence-electron chi connectivity index (χ2n) is 4.27. The maximum atomic E-state index is 12.1. The Kier molecular flexibility index (Phi) is 7.00.